The smallest absolute Gasteiger partial charge is 0.239 e. The van der Waals surface area contributed by atoms with Gasteiger partial charge in [0.2, 0.25) is 5.91 Å². The Kier molecular flexibility index (Phi) is 5.42. The van der Waals surface area contributed by atoms with Gasteiger partial charge in [0.15, 0.2) is 0 Å². The first-order valence-corrected chi connectivity index (χ1v) is 8.12. The second-order valence-corrected chi connectivity index (χ2v) is 6.59. The summed E-state index contributed by atoms with van der Waals surface area (Å²) in [6.45, 7) is 4.46. The summed E-state index contributed by atoms with van der Waals surface area (Å²) in [5, 5.41) is 3.29. The number of nitrogens with zero attached hydrogens (tertiary/aromatic N) is 1. The van der Waals surface area contributed by atoms with Gasteiger partial charge in [0.25, 0.3) is 0 Å². The van der Waals surface area contributed by atoms with Crippen molar-refractivity contribution in [2.24, 2.45) is 0 Å². The molecule has 3 nitrogen and oxygen atoms in total. The molecule has 1 aliphatic rings. The van der Waals surface area contributed by atoms with Crippen LogP contribution < -0.4 is 5.32 Å². The molecule has 1 aromatic rings. The van der Waals surface area contributed by atoms with Crippen LogP contribution in [0.5, 0.6) is 0 Å². The van der Waals surface area contributed by atoms with Gasteiger partial charge in [0.05, 0.1) is 6.04 Å². The zero-order valence-electron chi connectivity index (χ0n) is 11.0. The highest BCUT2D eigenvalue weighted by atomic mass is 79.9. The molecular weight excluding hydrogens is 372 g/mol. The second kappa shape index (κ2) is 6.86. The summed E-state index contributed by atoms with van der Waals surface area (Å²) in [6.07, 6.45) is 2.27. The van der Waals surface area contributed by atoms with Gasteiger partial charge >= 0.3 is 0 Å². The van der Waals surface area contributed by atoms with E-state index in [9.17, 15) is 4.79 Å². The van der Waals surface area contributed by atoms with E-state index in [1.54, 1.807) is 0 Å². The number of carbonyl (C=O) groups excluding carboxylic acids is 1. The molecule has 1 amide bonds. The minimum absolute atomic E-state index is 0.125. The van der Waals surface area contributed by atoms with Crippen molar-refractivity contribution in [3.8, 4) is 0 Å². The SMILES string of the molecule is CC(NCc1ccc(Br)c(Br)c1)C(=O)N1CCCC1. The average molecular weight is 390 g/mol. The van der Waals surface area contributed by atoms with Gasteiger partial charge in [-0.15, -0.1) is 0 Å². The van der Waals surface area contributed by atoms with Crippen molar-refractivity contribution in [3.05, 3.63) is 32.7 Å². The summed E-state index contributed by atoms with van der Waals surface area (Å²) in [5.74, 6) is 0.216. The Labute approximate surface area is 131 Å². The Morgan fingerprint density at radius 3 is 2.63 bits per heavy atom. The summed E-state index contributed by atoms with van der Waals surface area (Å²) < 4.78 is 2.07. The Balaban J connectivity index is 1.87. The number of hydrogen-bond acceptors (Lipinski definition) is 2. The predicted octanol–water partition coefficient (Wildman–Crippen LogP) is 3.31. The van der Waals surface area contributed by atoms with Crippen LogP contribution in [0.4, 0.5) is 0 Å². The maximum absolute atomic E-state index is 12.1. The monoisotopic (exact) mass is 388 g/mol. The molecule has 1 atom stereocenters. The normalized spacial score (nSPS) is 16.7. The molecule has 0 radical (unpaired) electrons. The lowest BCUT2D eigenvalue weighted by Crippen LogP contribution is -2.43. The van der Waals surface area contributed by atoms with Crippen LogP contribution in [0.15, 0.2) is 27.1 Å². The lowest BCUT2D eigenvalue weighted by atomic mass is 10.2. The molecule has 1 fully saturated rings. The van der Waals surface area contributed by atoms with Gasteiger partial charge in [0, 0.05) is 28.6 Å². The van der Waals surface area contributed by atoms with Gasteiger partial charge < -0.3 is 10.2 Å². The Morgan fingerprint density at radius 1 is 1.32 bits per heavy atom. The van der Waals surface area contributed by atoms with Crippen LogP contribution in [0.3, 0.4) is 0 Å². The summed E-state index contributed by atoms with van der Waals surface area (Å²) >= 11 is 6.94. The maximum atomic E-state index is 12.1. The molecule has 1 aliphatic heterocycles. The van der Waals surface area contributed by atoms with E-state index < -0.39 is 0 Å². The molecule has 0 bridgehead atoms. The van der Waals surface area contributed by atoms with Crippen LogP contribution in [-0.4, -0.2) is 29.9 Å². The van der Waals surface area contributed by atoms with Gasteiger partial charge in [0.1, 0.15) is 0 Å². The minimum atomic E-state index is -0.125. The van der Waals surface area contributed by atoms with E-state index in [4.69, 9.17) is 0 Å². The van der Waals surface area contributed by atoms with Crippen molar-refractivity contribution in [1.82, 2.24) is 10.2 Å². The molecule has 1 N–H and O–H groups in total. The fraction of sp³-hybridized carbons (Fsp3) is 0.500. The molecule has 1 aromatic carbocycles. The van der Waals surface area contributed by atoms with Crippen LogP contribution in [0.1, 0.15) is 25.3 Å². The summed E-state index contributed by atoms with van der Waals surface area (Å²) in [4.78, 5) is 14.1. The Morgan fingerprint density at radius 2 is 2.00 bits per heavy atom. The summed E-state index contributed by atoms with van der Waals surface area (Å²) in [6, 6.07) is 5.99. The zero-order chi connectivity index (χ0) is 13.8. The highest BCUT2D eigenvalue weighted by Crippen LogP contribution is 2.23. The van der Waals surface area contributed by atoms with E-state index in [2.05, 4.69) is 49.3 Å². The number of benzene rings is 1. The zero-order valence-corrected chi connectivity index (χ0v) is 14.1. The van der Waals surface area contributed by atoms with Crippen LogP contribution >= 0.6 is 31.9 Å². The summed E-state index contributed by atoms with van der Waals surface area (Å²) in [5.41, 5.74) is 1.16. The van der Waals surface area contributed by atoms with Gasteiger partial charge in [-0.3, -0.25) is 4.79 Å². The minimum Gasteiger partial charge on any atom is -0.341 e. The van der Waals surface area contributed by atoms with E-state index in [1.165, 1.54) is 0 Å². The molecule has 0 aliphatic carbocycles. The average Bonchev–Trinajstić information content (AvgIpc) is 2.93. The molecule has 2 rings (SSSR count). The van der Waals surface area contributed by atoms with E-state index in [-0.39, 0.29) is 11.9 Å². The maximum Gasteiger partial charge on any atom is 0.239 e. The second-order valence-electron chi connectivity index (χ2n) is 4.88. The summed E-state index contributed by atoms with van der Waals surface area (Å²) in [7, 11) is 0. The van der Waals surface area contributed by atoms with Crippen molar-refractivity contribution < 1.29 is 4.79 Å². The number of halogens is 2. The van der Waals surface area contributed by atoms with Crippen molar-refractivity contribution in [2.75, 3.05) is 13.1 Å². The molecule has 0 spiro atoms. The third-order valence-electron chi connectivity index (χ3n) is 3.38. The fourth-order valence-corrected chi connectivity index (χ4v) is 2.89. The number of rotatable bonds is 4. The van der Waals surface area contributed by atoms with Crippen molar-refractivity contribution in [2.45, 2.75) is 32.4 Å². The third-order valence-corrected chi connectivity index (χ3v) is 5.26. The number of amides is 1. The molecule has 19 heavy (non-hydrogen) atoms. The highest BCUT2D eigenvalue weighted by molar-refractivity contribution is 9.13. The molecule has 5 heteroatoms. The van der Waals surface area contributed by atoms with E-state index in [1.807, 2.05) is 17.9 Å². The van der Waals surface area contributed by atoms with Gasteiger partial charge in [-0.05, 0) is 69.3 Å². The van der Waals surface area contributed by atoms with Gasteiger partial charge in [-0.2, -0.15) is 0 Å². The van der Waals surface area contributed by atoms with Crippen molar-refractivity contribution >= 4 is 37.8 Å². The van der Waals surface area contributed by atoms with Crippen LogP contribution in [0, 0.1) is 0 Å². The van der Waals surface area contributed by atoms with Gasteiger partial charge in [-0.25, -0.2) is 0 Å². The molecule has 104 valence electrons. The number of nitrogens with one attached hydrogen (secondary N) is 1. The van der Waals surface area contributed by atoms with E-state index in [0.717, 1.165) is 40.4 Å². The quantitative estimate of drug-likeness (QED) is 0.856. The van der Waals surface area contributed by atoms with Crippen LogP contribution in [0.25, 0.3) is 0 Å². The third kappa shape index (κ3) is 4.04. The lowest BCUT2D eigenvalue weighted by molar-refractivity contribution is -0.131. The van der Waals surface area contributed by atoms with Crippen molar-refractivity contribution in [1.29, 1.82) is 0 Å². The van der Waals surface area contributed by atoms with E-state index in [0.29, 0.717) is 6.54 Å². The Bertz CT molecular complexity index is 459. The van der Waals surface area contributed by atoms with E-state index >= 15 is 0 Å². The number of hydrogen-bond donors (Lipinski definition) is 1. The molecule has 1 unspecified atom stereocenters. The largest absolute Gasteiger partial charge is 0.341 e. The number of likely N-dealkylation sites (tertiary alicyclic amines) is 1. The van der Waals surface area contributed by atoms with Crippen LogP contribution in [-0.2, 0) is 11.3 Å². The molecule has 1 saturated heterocycles. The fourth-order valence-electron chi connectivity index (χ4n) is 2.22. The van der Waals surface area contributed by atoms with Crippen molar-refractivity contribution in [3.63, 3.8) is 0 Å². The molecule has 0 saturated carbocycles. The first kappa shape index (κ1) is 15.0. The predicted molar refractivity (Wildman–Crippen MR) is 84.0 cm³/mol. The number of carbonyl (C=O) groups is 1. The molecular formula is C14H18Br2N2O. The first-order valence-electron chi connectivity index (χ1n) is 6.54. The molecule has 0 aromatic heterocycles. The standard InChI is InChI=1S/C14H18Br2N2O/c1-10(14(19)18-6-2-3-7-18)17-9-11-4-5-12(15)13(16)8-11/h4-5,8,10,17H,2-3,6-7,9H2,1H3. The lowest BCUT2D eigenvalue weighted by Gasteiger charge is -2.21. The van der Waals surface area contributed by atoms with Crippen LogP contribution in [0.2, 0.25) is 0 Å². The Hall–Kier alpha value is -0.390. The first-order chi connectivity index (χ1) is 9.08. The highest BCUT2D eigenvalue weighted by Gasteiger charge is 2.22. The molecule has 1 heterocycles. The topological polar surface area (TPSA) is 32.3 Å². The van der Waals surface area contributed by atoms with Gasteiger partial charge in [-0.1, -0.05) is 6.07 Å².